The second-order valence-electron chi connectivity index (χ2n) is 5.87. The van der Waals surface area contributed by atoms with Crippen molar-refractivity contribution >= 4 is 31.9 Å². The molecule has 0 saturated heterocycles. The highest BCUT2D eigenvalue weighted by Crippen LogP contribution is 2.25. The van der Waals surface area contributed by atoms with Crippen molar-refractivity contribution in [2.45, 2.75) is 32.6 Å². The molecule has 1 amide bonds. The molecular formula is C13H19BrN2O3S. The molecule has 1 aromatic rings. The monoisotopic (exact) mass is 362 g/mol. The number of rotatable bonds is 3. The smallest absolute Gasteiger partial charge is 0.251 e. The van der Waals surface area contributed by atoms with E-state index in [9.17, 15) is 13.2 Å². The fraction of sp³-hybridized carbons (Fsp3) is 0.462. The summed E-state index contributed by atoms with van der Waals surface area (Å²) in [4.78, 5) is 12.0. The lowest BCUT2D eigenvalue weighted by Crippen LogP contribution is -2.32. The SMILES string of the molecule is Cc1c(Br)cc(C(=O)NCC(C)(C)C)cc1S(N)(=O)=O. The van der Waals surface area contributed by atoms with Crippen LogP contribution in [0.1, 0.15) is 36.7 Å². The maximum atomic E-state index is 12.1. The van der Waals surface area contributed by atoms with Gasteiger partial charge in [-0.2, -0.15) is 0 Å². The molecule has 20 heavy (non-hydrogen) atoms. The Kier molecular flexibility index (Phi) is 4.99. The maximum absolute atomic E-state index is 12.1. The number of hydrogen-bond acceptors (Lipinski definition) is 3. The van der Waals surface area contributed by atoms with E-state index in [0.29, 0.717) is 16.6 Å². The summed E-state index contributed by atoms with van der Waals surface area (Å²) < 4.78 is 23.6. The molecule has 0 heterocycles. The standard InChI is InChI=1S/C13H19BrN2O3S/c1-8-10(14)5-9(6-11(8)20(15,18)19)12(17)16-7-13(2,3)4/h5-6H,7H2,1-4H3,(H,16,17)(H2,15,18,19). The zero-order valence-corrected chi connectivity index (χ0v) is 14.4. The Morgan fingerprint density at radius 3 is 2.35 bits per heavy atom. The topological polar surface area (TPSA) is 89.3 Å². The van der Waals surface area contributed by atoms with Gasteiger partial charge in [0.05, 0.1) is 4.90 Å². The summed E-state index contributed by atoms with van der Waals surface area (Å²) in [5, 5.41) is 7.93. The molecule has 0 radical (unpaired) electrons. The third kappa shape index (κ3) is 4.57. The van der Waals surface area contributed by atoms with Gasteiger partial charge in [0, 0.05) is 16.6 Å². The quantitative estimate of drug-likeness (QED) is 0.863. The molecule has 3 N–H and O–H groups in total. The summed E-state index contributed by atoms with van der Waals surface area (Å²) in [7, 11) is -3.87. The molecule has 0 saturated carbocycles. The summed E-state index contributed by atoms with van der Waals surface area (Å²) in [6, 6.07) is 2.88. The molecule has 0 fully saturated rings. The Balaban J connectivity index is 3.15. The molecule has 0 atom stereocenters. The van der Waals surface area contributed by atoms with E-state index < -0.39 is 10.0 Å². The van der Waals surface area contributed by atoms with Gasteiger partial charge in [-0.15, -0.1) is 0 Å². The lowest BCUT2D eigenvalue weighted by Gasteiger charge is -2.19. The number of carbonyl (C=O) groups is 1. The number of carbonyl (C=O) groups excluding carboxylic acids is 1. The third-order valence-electron chi connectivity index (χ3n) is 2.64. The van der Waals surface area contributed by atoms with Gasteiger partial charge in [0.2, 0.25) is 10.0 Å². The molecule has 0 aromatic heterocycles. The first-order chi connectivity index (χ1) is 8.92. The van der Waals surface area contributed by atoms with Crippen molar-refractivity contribution in [3.8, 4) is 0 Å². The van der Waals surface area contributed by atoms with Crippen LogP contribution < -0.4 is 10.5 Å². The summed E-state index contributed by atoms with van der Waals surface area (Å²) >= 11 is 3.25. The molecule has 0 unspecified atom stereocenters. The van der Waals surface area contributed by atoms with Gasteiger partial charge in [0.15, 0.2) is 0 Å². The van der Waals surface area contributed by atoms with E-state index in [2.05, 4.69) is 21.2 Å². The molecule has 1 aromatic carbocycles. The van der Waals surface area contributed by atoms with Crippen molar-refractivity contribution in [1.29, 1.82) is 0 Å². The number of sulfonamides is 1. The lowest BCUT2D eigenvalue weighted by atomic mass is 9.97. The van der Waals surface area contributed by atoms with Gasteiger partial charge >= 0.3 is 0 Å². The molecule has 5 nitrogen and oxygen atoms in total. The minimum atomic E-state index is -3.87. The van der Waals surface area contributed by atoms with Crippen LogP contribution in [-0.4, -0.2) is 20.9 Å². The Morgan fingerprint density at radius 1 is 1.35 bits per heavy atom. The van der Waals surface area contributed by atoms with Crippen molar-refractivity contribution in [2.75, 3.05) is 6.54 Å². The van der Waals surface area contributed by atoms with E-state index in [1.54, 1.807) is 13.0 Å². The highest BCUT2D eigenvalue weighted by Gasteiger charge is 2.19. The van der Waals surface area contributed by atoms with E-state index in [0.717, 1.165) is 0 Å². The second-order valence-corrected chi connectivity index (χ2v) is 8.25. The Labute approximate surface area is 128 Å². The first kappa shape index (κ1) is 17.1. The zero-order valence-electron chi connectivity index (χ0n) is 12.0. The van der Waals surface area contributed by atoms with Crippen LogP contribution in [0, 0.1) is 12.3 Å². The predicted molar refractivity (Wildman–Crippen MR) is 82.0 cm³/mol. The molecule has 0 aliphatic carbocycles. The first-order valence-corrected chi connectivity index (χ1v) is 8.37. The summed E-state index contributed by atoms with van der Waals surface area (Å²) in [6.45, 7) is 8.10. The lowest BCUT2D eigenvalue weighted by molar-refractivity contribution is 0.0939. The molecule has 1 rings (SSSR count). The number of hydrogen-bond donors (Lipinski definition) is 2. The van der Waals surface area contributed by atoms with E-state index in [4.69, 9.17) is 5.14 Å². The number of nitrogens with one attached hydrogen (secondary N) is 1. The van der Waals surface area contributed by atoms with Gasteiger partial charge in [0.25, 0.3) is 5.91 Å². The second kappa shape index (κ2) is 5.83. The molecule has 7 heteroatoms. The number of amides is 1. The van der Waals surface area contributed by atoms with Crippen LogP contribution in [0.25, 0.3) is 0 Å². The number of nitrogens with two attached hydrogens (primary N) is 1. The third-order valence-corrected chi connectivity index (χ3v) is 4.51. The summed E-state index contributed by atoms with van der Waals surface area (Å²) in [5.41, 5.74) is 0.691. The summed E-state index contributed by atoms with van der Waals surface area (Å²) in [6.07, 6.45) is 0. The summed E-state index contributed by atoms with van der Waals surface area (Å²) in [5.74, 6) is -0.328. The van der Waals surface area contributed by atoms with Gasteiger partial charge in [-0.1, -0.05) is 36.7 Å². The van der Waals surface area contributed by atoms with Gasteiger partial charge in [-0.25, -0.2) is 13.6 Å². The fourth-order valence-electron chi connectivity index (χ4n) is 1.53. The minimum Gasteiger partial charge on any atom is -0.352 e. The van der Waals surface area contributed by atoms with E-state index in [1.165, 1.54) is 6.07 Å². The minimum absolute atomic E-state index is 0.0483. The predicted octanol–water partition coefficient (Wildman–Crippen LogP) is 2.18. The molecule has 0 spiro atoms. The van der Waals surface area contributed by atoms with Gasteiger partial charge in [0.1, 0.15) is 0 Å². The van der Waals surface area contributed by atoms with Crippen LogP contribution in [0.15, 0.2) is 21.5 Å². The molecule has 0 aliphatic rings. The van der Waals surface area contributed by atoms with E-state index in [-0.39, 0.29) is 21.8 Å². The Morgan fingerprint density at radius 2 is 1.90 bits per heavy atom. The number of primary sulfonamides is 1. The average molecular weight is 363 g/mol. The van der Waals surface area contributed by atoms with Crippen molar-refractivity contribution in [3.05, 3.63) is 27.7 Å². The highest BCUT2D eigenvalue weighted by molar-refractivity contribution is 9.10. The van der Waals surface area contributed by atoms with Crippen LogP contribution in [0.3, 0.4) is 0 Å². The molecule has 0 bridgehead atoms. The zero-order chi connectivity index (χ0) is 15.7. The van der Waals surface area contributed by atoms with Crippen molar-refractivity contribution in [1.82, 2.24) is 5.32 Å². The maximum Gasteiger partial charge on any atom is 0.251 e. The molecule has 0 aliphatic heterocycles. The Hall–Kier alpha value is -0.920. The highest BCUT2D eigenvalue weighted by atomic mass is 79.9. The number of benzene rings is 1. The normalized spacial score (nSPS) is 12.3. The Bertz CT molecular complexity index is 634. The molecule has 112 valence electrons. The van der Waals surface area contributed by atoms with Crippen LogP contribution in [0.4, 0.5) is 0 Å². The van der Waals surface area contributed by atoms with Gasteiger partial charge < -0.3 is 5.32 Å². The van der Waals surface area contributed by atoms with Crippen LogP contribution in [0.5, 0.6) is 0 Å². The largest absolute Gasteiger partial charge is 0.352 e. The van der Waals surface area contributed by atoms with Crippen molar-refractivity contribution in [2.24, 2.45) is 10.6 Å². The van der Waals surface area contributed by atoms with E-state index in [1.807, 2.05) is 20.8 Å². The van der Waals surface area contributed by atoms with Crippen molar-refractivity contribution < 1.29 is 13.2 Å². The average Bonchev–Trinajstić information content (AvgIpc) is 2.26. The van der Waals surface area contributed by atoms with Crippen LogP contribution in [-0.2, 0) is 10.0 Å². The van der Waals surface area contributed by atoms with Crippen LogP contribution >= 0.6 is 15.9 Å². The van der Waals surface area contributed by atoms with Gasteiger partial charge in [-0.05, 0) is 30.0 Å². The molecular weight excluding hydrogens is 344 g/mol. The van der Waals surface area contributed by atoms with Crippen molar-refractivity contribution in [3.63, 3.8) is 0 Å². The van der Waals surface area contributed by atoms with Crippen LogP contribution in [0.2, 0.25) is 0 Å². The first-order valence-electron chi connectivity index (χ1n) is 6.03. The number of halogens is 1. The van der Waals surface area contributed by atoms with E-state index >= 15 is 0 Å². The fourth-order valence-corrected chi connectivity index (χ4v) is 2.95. The van der Waals surface area contributed by atoms with Gasteiger partial charge in [-0.3, -0.25) is 4.79 Å².